The van der Waals surface area contributed by atoms with Gasteiger partial charge >= 0.3 is 0 Å². The Morgan fingerprint density at radius 3 is 1.85 bits per heavy atom. The van der Waals surface area contributed by atoms with Crippen LogP contribution in [0, 0.1) is 0 Å². The van der Waals surface area contributed by atoms with Crippen molar-refractivity contribution in [1.82, 2.24) is 0 Å². The van der Waals surface area contributed by atoms with Crippen LogP contribution in [0.1, 0.15) is 34.1 Å². The molecule has 0 heterocycles. The fourth-order valence-electron chi connectivity index (χ4n) is 2.42. The third kappa shape index (κ3) is 4.33. The zero-order valence-electron chi connectivity index (χ0n) is 15.3. The molecule has 0 unspecified atom stereocenters. The van der Waals surface area contributed by atoms with Crippen LogP contribution in [0.5, 0.6) is 23.0 Å². The zero-order chi connectivity index (χ0) is 19.1. The van der Waals surface area contributed by atoms with Gasteiger partial charge in [0, 0.05) is 17.5 Å². The molecule has 6 nitrogen and oxygen atoms in total. The Hall–Kier alpha value is -3.02. The first-order valence-corrected chi connectivity index (χ1v) is 8.13. The van der Waals surface area contributed by atoms with Crippen LogP contribution in [0.3, 0.4) is 0 Å². The van der Waals surface area contributed by atoms with E-state index in [1.807, 2.05) is 6.92 Å². The predicted molar refractivity (Wildman–Crippen MR) is 97.0 cm³/mol. The van der Waals surface area contributed by atoms with Crippen LogP contribution in [0.4, 0.5) is 0 Å². The second-order valence-corrected chi connectivity index (χ2v) is 5.43. The van der Waals surface area contributed by atoms with Gasteiger partial charge in [-0.15, -0.1) is 0 Å². The molecule has 138 valence electrons. The SMILES string of the molecule is CCC(=O)c1ccc(OCC(=O)c2cc(OC)c(OC)c(OC)c2)cc1. The van der Waals surface area contributed by atoms with Gasteiger partial charge in [-0.3, -0.25) is 9.59 Å². The summed E-state index contributed by atoms with van der Waals surface area (Å²) >= 11 is 0. The van der Waals surface area contributed by atoms with Crippen molar-refractivity contribution >= 4 is 11.6 Å². The molecule has 0 bridgehead atoms. The molecule has 6 heteroatoms. The first-order chi connectivity index (χ1) is 12.5. The molecule has 2 aromatic rings. The van der Waals surface area contributed by atoms with E-state index in [-0.39, 0.29) is 18.2 Å². The lowest BCUT2D eigenvalue weighted by Gasteiger charge is -2.14. The van der Waals surface area contributed by atoms with E-state index in [1.54, 1.807) is 36.4 Å². The highest BCUT2D eigenvalue weighted by Crippen LogP contribution is 2.38. The molecule has 0 saturated carbocycles. The zero-order valence-corrected chi connectivity index (χ0v) is 15.3. The van der Waals surface area contributed by atoms with Gasteiger partial charge in [-0.05, 0) is 36.4 Å². The van der Waals surface area contributed by atoms with Crippen LogP contribution >= 0.6 is 0 Å². The molecule has 0 N–H and O–H groups in total. The summed E-state index contributed by atoms with van der Waals surface area (Å²) in [5.41, 5.74) is 1.01. The molecule has 0 aliphatic carbocycles. The summed E-state index contributed by atoms with van der Waals surface area (Å²) < 4.78 is 21.3. The number of ketones is 2. The minimum absolute atomic E-state index is 0.0602. The molecular weight excluding hydrogens is 336 g/mol. The second-order valence-electron chi connectivity index (χ2n) is 5.43. The van der Waals surface area contributed by atoms with Crippen molar-refractivity contribution in [1.29, 1.82) is 0 Å². The average Bonchev–Trinajstić information content (AvgIpc) is 2.70. The predicted octanol–water partition coefficient (Wildman–Crippen LogP) is 3.57. The van der Waals surface area contributed by atoms with Crippen molar-refractivity contribution in [2.45, 2.75) is 13.3 Å². The molecule has 0 saturated heterocycles. The summed E-state index contributed by atoms with van der Waals surface area (Å²) in [6.07, 6.45) is 0.444. The summed E-state index contributed by atoms with van der Waals surface area (Å²) in [6, 6.07) is 9.87. The fraction of sp³-hybridized carbons (Fsp3) is 0.300. The van der Waals surface area contributed by atoms with Gasteiger partial charge < -0.3 is 18.9 Å². The number of rotatable bonds is 9. The van der Waals surface area contributed by atoms with Crippen molar-refractivity contribution in [3.05, 3.63) is 47.5 Å². The minimum atomic E-state index is -0.238. The largest absolute Gasteiger partial charge is 0.493 e. The molecule has 2 rings (SSSR count). The molecular formula is C20H22O6. The summed E-state index contributed by atoms with van der Waals surface area (Å²) in [7, 11) is 4.47. The van der Waals surface area contributed by atoms with Crippen LogP contribution in [0.15, 0.2) is 36.4 Å². The van der Waals surface area contributed by atoms with E-state index in [4.69, 9.17) is 18.9 Å². The minimum Gasteiger partial charge on any atom is -0.493 e. The van der Waals surface area contributed by atoms with E-state index in [0.717, 1.165) is 0 Å². The molecule has 0 spiro atoms. The van der Waals surface area contributed by atoms with Crippen molar-refractivity contribution < 1.29 is 28.5 Å². The van der Waals surface area contributed by atoms with Crippen LogP contribution in [-0.4, -0.2) is 39.5 Å². The molecule has 0 aliphatic rings. The van der Waals surface area contributed by atoms with Crippen LogP contribution in [0.25, 0.3) is 0 Å². The Morgan fingerprint density at radius 1 is 0.808 bits per heavy atom. The smallest absolute Gasteiger partial charge is 0.203 e. The van der Waals surface area contributed by atoms with E-state index >= 15 is 0 Å². The molecule has 0 atom stereocenters. The summed E-state index contributed by atoms with van der Waals surface area (Å²) in [6.45, 7) is 1.66. The molecule has 0 radical (unpaired) electrons. The van der Waals surface area contributed by atoms with Gasteiger partial charge in [0.25, 0.3) is 0 Å². The third-order valence-corrected chi connectivity index (χ3v) is 3.85. The first kappa shape index (κ1) is 19.3. The summed E-state index contributed by atoms with van der Waals surface area (Å²) in [4.78, 5) is 24.1. The number of carbonyl (C=O) groups excluding carboxylic acids is 2. The van der Waals surface area contributed by atoms with E-state index < -0.39 is 0 Å². The lowest BCUT2D eigenvalue weighted by molar-refractivity contribution is 0.0919. The third-order valence-electron chi connectivity index (χ3n) is 3.85. The maximum Gasteiger partial charge on any atom is 0.203 e. The molecule has 0 fully saturated rings. The number of hydrogen-bond acceptors (Lipinski definition) is 6. The van der Waals surface area contributed by atoms with Crippen LogP contribution in [0.2, 0.25) is 0 Å². The first-order valence-electron chi connectivity index (χ1n) is 8.13. The number of Topliss-reactive ketones (excluding diaryl/α,β-unsaturated/α-hetero) is 2. The number of ether oxygens (including phenoxy) is 4. The Labute approximate surface area is 152 Å². The van der Waals surface area contributed by atoms with Gasteiger partial charge in [0.05, 0.1) is 21.3 Å². The number of hydrogen-bond donors (Lipinski definition) is 0. The highest BCUT2D eigenvalue weighted by Gasteiger charge is 2.17. The lowest BCUT2D eigenvalue weighted by Crippen LogP contribution is -2.12. The molecule has 26 heavy (non-hydrogen) atoms. The topological polar surface area (TPSA) is 71.1 Å². The van der Waals surface area contributed by atoms with Crippen LogP contribution < -0.4 is 18.9 Å². The number of methoxy groups -OCH3 is 3. The Balaban J connectivity index is 2.11. The monoisotopic (exact) mass is 358 g/mol. The van der Waals surface area contributed by atoms with Crippen molar-refractivity contribution in [3.8, 4) is 23.0 Å². The molecule has 2 aromatic carbocycles. The van der Waals surface area contributed by atoms with E-state index in [1.165, 1.54) is 21.3 Å². The summed E-state index contributed by atoms with van der Waals surface area (Å²) in [5.74, 6) is 1.56. The molecule has 0 aromatic heterocycles. The number of carbonyl (C=O) groups is 2. The van der Waals surface area contributed by atoms with E-state index in [9.17, 15) is 9.59 Å². The van der Waals surface area contributed by atoms with Gasteiger partial charge in [-0.1, -0.05) is 6.92 Å². The summed E-state index contributed by atoms with van der Waals surface area (Å²) in [5, 5.41) is 0. The van der Waals surface area contributed by atoms with Gasteiger partial charge in [-0.25, -0.2) is 0 Å². The van der Waals surface area contributed by atoms with E-state index in [2.05, 4.69) is 0 Å². The van der Waals surface area contributed by atoms with Crippen molar-refractivity contribution in [3.63, 3.8) is 0 Å². The van der Waals surface area contributed by atoms with Crippen molar-refractivity contribution in [2.75, 3.05) is 27.9 Å². The Bertz CT molecular complexity index is 754. The second kappa shape index (κ2) is 8.89. The van der Waals surface area contributed by atoms with E-state index in [0.29, 0.717) is 40.5 Å². The van der Waals surface area contributed by atoms with Gasteiger partial charge in [0.15, 0.2) is 29.7 Å². The maximum absolute atomic E-state index is 12.4. The Morgan fingerprint density at radius 2 is 1.38 bits per heavy atom. The van der Waals surface area contributed by atoms with Crippen LogP contribution in [-0.2, 0) is 0 Å². The standard InChI is InChI=1S/C20H22O6/c1-5-16(21)13-6-8-15(9-7-13)26-12-17(22)14-10-18(23-2)20(25-4)19(11-14)24-3/h6-11H,5,12H2,1-4H3. The quantitative estimate of drug-likeness (QED) is 0.638. The fourth-order valence-corrected chi connectivity index (χ4v) is 2.42. The van der Waals surface area contributed by atoms with Gasteiger partial charge in [-0.2, -0.15) is 0 Å². The van der Waals surface area contributed by atoms with Crippen molar-refractivity contribution in [2.24, 2.45) is 0 Å². The average molecular weight is 358 g/mol. The number of benzene rings is 2. The molecule has 0 amide bonds. The lowest BCUT2D eigenvalue weighted by atomic mass is 10.1. The maximum atomic E-state index is 12.4. The normalized spacial score (nSPS) is 10.2. The van der Waals surface area contributed by atoms with Gasteiger partial charge in [0.1, 0.15) is 5.75 Å². The molecule has 0 aliphatic heterocycles. The Kier molecular flexibility index (Phi) is 6.60. The van der Waals surface area contributed by atoms with Gasteiger partial charge in [0.2, 0.25) is 5.75 Å². The highest BCUT2D eigenvalue weighted by atomic mass is 16.5. The highest BCUT2D eigenvalue weighted by molar-refractivity contribution is 5.98.